The van der Waals surface area contributed by atoms with Gasteiger partial charge in [0, 0.05) is 29.4 Å². The number of methoxy groups -OCH3 is 1. The molecule has 0 spiro atoms. The first-order valence-electron chi connectivity index (χ1n) is 8.88. The number of hydrogen-bond acceptors (Lipinski definition) is 2. The number of H-pyrrole nitrogens is 1. The Morgan fingerprint density at radius 2 is 1.65 bits per heavy atom. The summed E-state index contributed by atoms with van der Waals surface area (Å²) in [5.74, 6) is -0.0496. The zero-order valence-corrected chi connectivity index (χ0v) is 14.7. The molecule has 4 rings (SSSR count). The number of fused-ring (bicyclic) bond motifs is 2. The van der Waals surface area contributed by atoms with Crippen LogP contribution in [0.3, 0.4) is 0 Å². The number of esters is 1. The predicted molar refractivity (Wildman–Crippen MR) is 105 cm³/mol. The Labute approximate surface area is 152 Å². The number of hydrogen-bond donors (Lipinski definition) is 1. The van der Waals surface area contributed by atoms with Gasteiger partial charge in [0.1, 0.15) is 0 Å². The Hall–Kier alpha value is -3.07. The molecule has 3 aromatic carbocycles. The molecule has 0 aliphatic rings. The molecular weight excluding hydrogens is 322 g/mol. The lowest BCUT2D eigenvalue weighted by atomic mass is 9.84. The van der Waals surface area contributed by atoms with E-state index in [9.17, 15) is 4.79 Å². The average molecular weight is 343 g/mol. The van der Waals surface area contributed by atoms with Crippen molar-refractivity contribution in [3.8, 4) is 0 Å². The quantitative estimate of drug-likeness (QED) is 0.493. The number of para-hydroxylation sites is 1. The number of rotatable bonds is 5. The van der Waals surface area contributed by atoms with Gasteiger partial charge < -0.3 is 9.72 Å². The largest absolute Gasteiger partial charge is 0.469 e. The number of ether oxygens (including phenoxy) is 1. The van der Waals surface area contributed by atoms with Crippen molar-refractivity contribution in [2.24, 2.45) is 0 Å². The molecular formula is C23H21NO2. The van der Waals surface area contributed by atoms with E-state index < -0.39 is 0 Å². The molecule has 3 heteroatoms. The smallest absolute Gasteiger partial charge is 0.305 e. The molecule has 4 aromatic rings. The molecule has 0 amide bonds. The molecule has 1 unspecified atom stereocenters. The van der Waals surface area contributed by atoms with E-state index in [-0.39, 0.29) is 11.9 Å². The van der Waals surface area contributed by atoms with Crippen molar-refractivity contribution in [3.05, 3.63) is 84.1 Å². The van der Waals surface area contributed by atoms with E-state index in [1.54, 1.807) is 0 Å². The highest BCUT2D eigenvalue weighted by atomic mass is 16.5. The van der Waals surface area contributed by atoms with Crippen molar-refractivity contribution in [1.29, 1.82) is 0 Å². The molecule has 0 radical (unpaired) electrons. The Balaban J connectivity index is 1.86. The van der Waals surface area contributed by atoms with Crippen LogP contribution in [-0.4, -0.2) is 18.1 Å². The summed E-state index contributed by atoms with van der Waals surface area (Å²) >= 11 is 0. The van der Waals surface area contributed by atoms with Gasteiger partial charge >= 0.3 is 5.97 Å². The molecule has 1 aromatic heterocycles. The molecule has 3 nitrogen and oxygen atoms in total. The van der Waals surface area contributed by atoms with Crippen LogP contribution >= 0.6 is 0 Å². The van der Waals surface area contributed by atoms with Gasteiger partial charge in [-0.2, -0.15) is 0 Å². The highest BCUT2D eigenvalue weighted by Gasteiger charge is 2.21. The third-order valence-electron chi connectivity index (χ3n) is 5.06. The Bertz CT molecular complexity index is 1060. The highest BCUT2D eigenvalue weighted by molar-refractivity contribution is 5.89. The van der Waals surface area contributed by atoms with Crippen LogP contribution in [-0.2, 0) is 9.53 Å². The van der Waals surface area contributed by atoms with Crippen molar-refractivity contribution in [2.75, 3.05) is 7.11 Å². The summed E-state index contributed by atoms with van der Waals surface area (Å²) in [5.41, 5.74) is 3.59. The van der Waals surface area contributed by atoms with Gasteiger partial charge in [0.2, 0.25) is 0 Å². The summed E-state index contributed by atoms with van der Waals surface area (Å²) in [6, 6.07) is 23.1. The maximum atomic E-state index is 11.8. The summed E-state index contributed by atoms with van der Waals surface area (Å²) in [4.78, 5) is 15.2. The van der Waals surface area contributed by atoms with Gasteiger partial charge in [0.05, 0.1) is 7.11 Å². The number of carbonyl (C=O) groups is 1. The molecule has 0 bridgehead atoms. The summed E-state index contributed by atoms with van der Waals surface area (Å²) < 4.78 is 4.88. The molecule has 1 atom stereocenters. The maximum absolute atomic E-state index is 11.8. The number of nitrogens with one attached hydrogen (secondary N) is 1. The van der Waals surface area contributed by atoms with Crippen LogP contribution in [0, 0.1) is 0 Å². The van der Waals surface area contributed by atoms with Gasteiger partial charge in [-0.15, -0.1) is 0 Å². The van der Waals surface area contributed by atoms with Crippen LogP contribution in [0.1, 0.15) is 29.9 Å². The fourth-order valence-electron chi connectivity index (χ4n) is 3.78. The van der Waals surface area contributed by atoms with Crippen molar-refractivity contribution in [3.63, 3.8) is 0 Å². The minimum atomic E-state index is -0.171. The third-order valence-corrected chi connectivity index (χ3v) is 5.06. The Kier molecular flexibility index (Phi) is 4.44. The van der Waals surface area contributed by atoms with Crippen molar-refractivity contribution < 1.29 is 9.53 Å². The van der Waals surface area contributed by atoms with Gasteiger partial charge in [-0.3, -0.25) is 4.79 Å². The van der Waals surface area contributed by atoms with Crippen LogP contribution in [0.5, 0.6) is 0 Å². The van der Waals surface area contributed by atoms with E-state index in [0.717, 1.165) is 5.52 Å². The fourth-order valence-corrected chi connectivity index (χ4v) is 3.78. The summed E-state index contributed by atoms with van der Waals surface area (Å²) in [6.07, 6.45) is 3.18. The van der Waals surface area contributed by atoms with Gasteiger partial charge in [0.15, 0.2) is 0 Å². The van der Waals surface area contributed by atoms with Crippen molar-refractivity contribution in [1.82, 2.24) is 4.98 Å². The number of aromatic amines is 1. The molecule has 0 saturated heterocycles. The van der Waals surface area contributed by atoms with E-state index in [1.807, 2.05) is 6.07 Å². The van der Waals surface area contributed by atoms with Crippen LogP contribution in [0.25, 0.3) is 21.7 Å². The predicted octanol–water partition coefficient (Wildman–Crippen LogP) is 5.41. The van der Waals surface area contributed by atoms with Crippen molar-refractivity contribution in [2.45, 2.75) is 18.8 Å². The lowest BCUT2D eigenvalue weighted by molar-refractivity contribution is -0.140. The number of carbonyl (C=O) groups excluding carboxylic acids is 1. The Morgan fingerprint density at radius 3 is 2.50 bits per heavy atom. The van der Waals surface area contributed by atoms with Gasteiger partial charge in [0.25, 0.3) is 0 Å². The second-order valence-corrected chi connectivity index (χ2v) is 6.53. The molecule has 0 aliphatic carbocycles. The third kappa shape index (κ3) is 2.97. The zero-order chi connectivity index (χ0) is 17.9. The molecule has 130 valence electrons. The zero-order valence-electron chi connectivity index (χ0n) is 14.7. The highest BCUT2D eigenvalue weighted by Crippen LogP contribution is 2.37. The minimum absolute atomic E-state index is 0.122. The van der Waals surface area contributed by atoms with Crippen LogP contribution < -0.4 is 0 Å². The first-order valence-corrected chi connectivity index (χ1v) is 8.88. The summed E-state index contributed by atoms with van der Waals surface area (Å²) in [5, 5.41) is 3.65. The minimum Gasteiger partial charge on any atom is -0.469 e. The first-order chi connectivity index (χ1) is 12.8. The number of aromatic nitrogens is 1. The standard InChI is InChI=1S/C23H21NO2/c1-26-23(25)14-13-19(21-15-24-22-12-5-4-10-20(21)22)18-11-6-8-16-7-2-3-9-17(16)18/h2-12,15,19,24H,13-14H2,1H3. The van der Waals surface area contributed by atoms with Crippen LogP contribution in [0.2, 0.25) is 0 Å². The molecule has 1 heterocycles. The normalized spacial score (nSPS) is 12.3. The molecule has 26 heavy (non-hydrogen) atoms. The Morgan fingerprint density at radius 1 is 0.923 bits per heavy atom. The SMILES string of the molecule is COC(=O)CCC(c1cccc2ccccc12)c1c[nH]c2ccccc12. The number of benzene rings is 3. The lowest BCUT2D eigenvalue weighted by Crippen LogP contribution is -2.07. The lowest BCUT2D eigenvalue weighted by Gasteiger charge is -2.19. The topological polar surface area (TPSA) is 42.1 Å². The molecule has 0 fully saturated rings. The summed E-state index contributed by atoms with van der Waals surface area (Å²) in [6.45, 7) is 0. The van der Waals surface area contributed by atoms with Gasteiger partial charge in [-0.1, -0.05) is 60.7 Å². The van der Waals surface area contributed by atoms with Gasteiger partial charge in [-0.05, 0) is 34.4 Å². The van der Waals surface area contributed by atoms with E-state index in [4.69, 9.17) is 4.74 Å². The van der Waals surface area contributed by atoms with E-state index in [0.29, 0.717) is 12.8 Å². The monoisotopic (exact) mass is 343 g/mol. The van der Waals surface area contributed by atoms with Crippen molar-refractivity contribution >= 4 is 27.6 Å². The second kappa shape index (κ2) is 7.04. The van der Waals surface area contributed by atoms with Crippen LogP contribution in [0.4, 0.5) is 0 Å². The van der Waals surface area contributed by atoms with E-state index in [2.05, 4.69) is 71.8 Å². The first kappa shape index (κ1) is 16.4. The van der Waals surface area contributed by atoms with E-state index in [1.165, 1.54) is 34.4 Å². The van der Waals surface area contributed by atoms with Crippen LogP contribution in [0.15, 0.2) is 72.9 Å². The molecule has 0 saturated carbocycles. The molecule has 1 N–H and O–H groups in total. The molecule has 0 aliphatic heterocycles. The summed E-state index contributed by atoms with van der Waals surface area (Å²) in [7, 11) is 1.45. The fraction of sp³-hybridized carbons (Fsp3) is 0.174. The second-order valence-electron chi connectivity index (χ2n) is 6.53. The van der Waals surface area contributed by atoms with E-state index >= 15 is 0 Å². The average Bonchev–Trinajstić information content (AvgIpc) is 3.12. The van der Waals surface area contributed by atoms with Gasteiger partial charge in [-0.25, -0.2) is 0 Å². The maximum Gasteiger partial charge on any atom is 0.305 e.